The highest BCUT2D eigenvalue weighted by molar-refractivity contribution is 6.00. The van der Waals surface area contributed by atoms with Crippen LogP contribution in [-0.4, -0.2) is 46.2 Å². The summed E-state index contributed by atoms with van der Waals surface area (Å²) >= 11 is 0. The molecule has 0 radical (unpaired) electrons. The molecule has 2 aliphatic rings. The molecule has 0 aliphatic carbocycles. The molecule has 1 aromatic heterocycles. The molecule has 1 N–H and O–H groups in total. The summed E-state index contributed by atoms with van der Waals surface area (Å²) in [4.78, 5) is 33.3. The number of para-hydroxylation sites is 1. The summed E-state index contributed by atoms with van der Waals surface area (Å²) in [5.74, 6) is -0.378. The molecule has 1 saturated heterocycles. The molecule has 5 rings (SSSR count). The number of H-pyrrole nitrogens is 1. The zero-order chi connectivity index (χ0) is 20.2. The molecule has 0 saturated carbocycles. The number of aromatic nitrogens is 1. The van der Waals surface area contributed by atoms with Gasteiger partial charge in [-0.2, -0.15) is 0 Å². The number of carbonyl (C=O) groups excluding carboxylic acids is 2. The Bertz CT molecular complexity index is 1120. The van der Waals surface area contributed by atoms with Crippen molar-refractivity contribution in [3.8, 4) is 0 Å². The molecule has 0 spiro atoms. The van der Waals surface area contributed by atoms with Crippen molar-refractivity contribution in [1.82, 2.24) is 14.8 Å². The van der Waals surface area contributed by atoms with Gasteiger partial charge in [-0.25, -0.2) is 4.39 Å². The highest BCUT2D eigenvalue weighted by atomic mass is 19.1. The van der Waals surface area contributed by atoms with E-state index in [-0.39, 0.29) is 24.2 Å². The average molecular weight is 391 g/mol. The Balaban J connectivity index is 1.49. The van der Waals surface area contributed by atoms with Crippen LogP contribution in [0.4, 0.5) is 4.39 Å². The summed E-state index contributed by atoms with van der Waals surface area (Å²) in [6, 6.07) is 14.3. The van der Waals surface area contributed by atoms with E-state index in [4.69, 9.17) is 0 Å². The van der Waals surface area contributed by atoms with Gasteiger partial charge in [0.15, 0.2) is 5.54 Å². The lowest BCUT2D eigenvalue weighted by molar-refractivity contribution is -0.165. The monoisotopic (exact) mass is 391 g/mol. The second-order valence-corrected chi connectivity index (χ2v) is 7.99. The maximum absolute atomic E-state index is 13.6. The van der Waals surface area contributed by atoms with Gasteiger partial charge in [-0.15, -0.1) is 0 Å². The number of aromatic amines is 1. The van der Waals surface area contributed by atoms with Gasteiger partial charge in [-0.05, 0) is 49.1 Å². The molecule has 2 aromatic carbocycles. The van der Waals surface area contributed by atoms with Crippen LogP contribution in [0.15, 0.2) is 48.5 Å². The Morgan fingerprint density at radius 1 is 1.10 bits per heavy atom. The van der Waals surface area contributed by atoms with E-state index in [2.05, 4.69) is 11.1 Å². The highest BCUT2D eigenvalue weighted by Gasteiger charge is 2.53. The SMILES string of the molecule is C[C@]12C(=O)N(CCc3ccc(F)cc3)CC(=O)N1CCc1c2[nH]c2ccccc12. The van der Waals surface area contributed by atoms with Crippen molar-refractivity contribution in [2.45, 2.75) is 25.3 Å². The van der Waals surface area contributed by atoms with E-state index < -0.39 is 5.54 Å². The van der Waals surface area contributed by atoms with E-state index in [0.717, 1.165) is 34.1 Å². The van der Waals surface area contributed by atoms with Crippen LogP contribution in [-0.2, 0) is 28.0 Å². The summed E-state index contributed by atoms with van der Waals surface area (Å²) in [5.41, 5.74) is 2.86. The summed E-state index contributed by atoms with van der Waals surface area (Å²) in [7, 11) is 0. The summed E-state index contributed by atoms with van der Waals surface area (Å²) in [6.45, 7) is 2.91. The third-order valence-corrected chi connectivity index (χ3v) is 6.34. The maximum atomic E-state index is 13.6. The van der Waals surface area contributed by atoms with Crippen molar-refractivity contribution in [3.05, 3.63) is 71.2 Å². The molecule has 0 unspecified atom stereocenters. The first-order chi connectivity index (χ1) is 14.0. The van der Waals surface area contributed by atoms with Crippen LogP contribution >= 0.6 is 0 Å². The van der Waals surface area contributed by atoms with Gasteiger partial charge in [0.05, 0.1) is 12.2 Å². The molecular formula is C23H22FN3O2. The van der Waals surface area contributed by atoms with Gasteiger partial charge in [0.2, 0.25) is 5.91 Å². The van der Waals surface area contributed by atoms with Gasteiger partial charge in [-0.1, -0.05) is 30.3 Å². The molecule has 1 fully saturated rings. The molecule has 5 nitrogen and oxygen atoms in total. The van der Waals surface area contributed by atoms with Gasteiger partial charge in [0.1, 0.15) is 5.82 Å². The van der Waals surface area contributed by atoms with Crippen molar-refractivity contribution in [3.63, 3.8) is 0 Å². The second kappa shape index (κ2) is 6.44. The van der Waals surface area contributed by atoms with E-state index in [1.54, 1.807) is 21.9 Å². The number of rotatable bonds is 3. The largest absolute Gasteiger partial charge is 0.356 e. The van der Waals surface area contributed by atoms with E-state index >= 15 is 0 Å². The number of amides is 2. The topological polar surface area (TPSA) is 56.4 Å². The minimum atomic E-state index is -1.02. The fraction of sp³-hybridized carbons (Fsp3) is 0.304. The number of hydrogen-bond acceptors (Lipinski definition) is 2. The third kappa shape index (κ3) is 2.66. The molecular weight excluding hydrogens is 369 g/mol. The lowest BCUT2D eigenvalue weighted by Crippen LogP contribution is -2.67. The lowest BCUT2D eigenvalue weighted by atomic mass is 9.83. The minimum absolute atomic E-state index is 0.0319. The van der Waals surface area contributed by atoms with Crippen molar-refractivity contribution in [1.29, 1.82) is 0 Å². The van der Waals surface area contributed by atoms with Crippen LogP contribution < -0.4 is 0 Å². The molecule has 148 valence electrons. The Kier molecular flexibility index (Phi) is 3.98. The predicted molar refractivity (Wildman–Crippen MR) is 108 cm³/mol. The van der Waals surface area contributed by atoms with Crippen molar-refractivity contribution < 1.29 is 14.0 Å². The number of hydrogen-bond donors (Lipinski definition) is 1. The van der Waals surface area contributed by atoms with Crippen LogP contribution in [0.5, 0.6) is 0 Å². The van der Waals surface area contributed by atoms with Crippen molar-refractivity contribution >= 4 is 22.7 Å². The normalized spacial score (nSPS) is 21.4. The van der Waals surface area contributed by atoms with Crippen LogP contribution in [0.25, 0.3) is 10.9 Å². The second-order valence-electron chi connectivity index (χ2n) is 7.99. The van der Waals surface area contributed by atoms with E-state index in [1.165, 1.54) is 12.1 Å². The first kappa shape index (κ1) is 17.9. The lowest BCUT2D eigenvalue weighted by Gasteiger charge is -2.49. The molecule has 29 heavy (non-hydrogen) atoms. The fourth-order valence-corrected chi connectivity index (χ4v) is 4.78. The van der Waals surface area contributed by atoms with Crippen molar-refractivity contribution in [2.75, 3.05) is 19.6 Å². The van der Waals surface area contributed by atoms with Gasteiger partial charge in [0.25, 0.3) is 5.91 Å². The number of carbonyl (C=O) groups is 2. The molecule has 6 heteroatoms. The van der Waals surface area contributed by atoms with Gasteiger partial charge in [-0.3, -0.25) is 9.59 Å². The summed E-state index contributed by atoms with van der Waals surface area (Å²) < 4.78 is 13.1. The van der Waals surface area contributed by atoms with Crippen LogP contribution in [0.2, 0.25) is 0 Å². The number of benzene rings is 2. The zero-order valence-corrected chi connectivity index (χ0v) is 16.2. The molecule has 2 aliphatic heterocycles. The molecule has 0 bridgehead atoms. The van der Waals surface area contributed by atoms with Gasteiger partial charge in [0, 0.05) is 24.0 Å². The number of nitrogens with zero attached hydrogens (tertiary/aromatic N) is 2. The first-order valence-corrected chi connectivity index (χ1v) is 9.93. The Labute approximate surface area is 168 Å². The molecule has 1 atom stereocenters. The summed E-state index contributed by atoms with van der Waals surface area (Å²) in [5, 5.41) is 1.12. The number of nitrogens with one attached hydrogen (secondary N) is 1. The molecule has 3 aromatic rings. The smallest absolute Gasteiger partial charge is 0.254 e. The average Bonchev–Trinajstić information content (AvgIpc) is 3.11. The molecule has 3 heterocycles. The number of fused-ring (bicyclic) bond motifs is 5. The number of halogens is 1. The van der Waals surface area contributed by atoms with Crippen LogP contribution in [0, 0.1) is 5.82 Å². The predicted octanol–water partition coefficient (Wildman–Crippen LogP) is 2.99. The Hall–Kier alpha value is -3.15. The third-order valence-electron chi connectivity index (χ3n) is 6.34. The van der Waals surface area contributed by atoms with E-state index in [0.29, 0.717) is 19.5 Å². The Morgan fingerprint density at radius 3 is 2.66 bits per heavy atom. The minimum Gasteiger partial charge on any atom is -0.356 e. The Morgan fingerprint density at radius 2 is 1.86 bits per heavy atom. The van der Waals surface area contributed by atoms with Gasteiger partial charge >= 0.3 is 0 Å². The molecule has 2 amide bonds. The van der Waals surface area contributed by atoms with Gasteiger partial charge < -0.3 is 14.8 Å². The summed E-state index contributed by atoms with van der Waals surface area (Å²) in [6.07, 6.45) is 1.32. The van der Waals surface area contributed by atoms with Crippen LogP contribution in [0.1, 0.15) is 23.7 Å². The van der Waals surface area contributed by atoms with Crippen molar-refractivity contribution in [2.24, 2.45) is 0 Å². The zero-order valence-electron chi connectivity index (χ0n) is 16.2. The van der Waals surface area contributed by atoms with E-state index in [1.807, 2.05) is 25.1 Å². The maximum Gasteiger partial charge on any atom is 0.254 e. The first-order valence-electron chi connectivity index (χ1n) is 9.93. The van der Waals surface area contributed by atoms with E-state index in [9.17, 15) is 14.0 Å². The fourth-order valence-electron chi connectivity index (χ4n) is 4.78. The highest BCUT2D eigenvalue weighted by Crippen LogP contribution is 2.41. The quantitative estimate of drug-likeness (QED) is 0.746. The van der Waals surface area contributed by atoms with Crippen LogP contribution in [0.3, 0.4) is 0 Å². The standard InChI is InChI=1S/C23H22FN3O2/c1-23-21-18(17-4-2-3-5-19(17)25-21)11-13-27(23)20(28)14-26(22(23)29)12-10-15-6-8-16(24)9-7-15/h2-9,25H,10-14H2,1H3/t23-/m0/s1. The number of piperazine rings is 1.